The van der Waals surface area contributed by atoms with Crippen molar-refractivity contribution in [2.75, 3.05) is 11.9 Å². The summed E-state index contributed by atoms with van der Waals surface area (Å²) in [5, 5.41) is 14.3. The predicted octanol–water partition coefficient (Wildman–Crippen LogP) is 2.79. The van der Waals surface area contributed by atoms with Crippen LogP contribution in [0.5, 0.6) is 0 Å². The summed E-state index contributed by atoms with van der Waals surface area (Å²) in [5.74, 6) is 0.590. The summed E-state index contributed by atoms with van der Waals surface area (Å²) >= 11 is 0. The minimum Gasteiger partial charge on any atom is -0.406 e. The zero-order valence-corrected chi connectivity index (χ0v) is 10.9. The van der Waals surface area contributed by atoms with Crippen LogP contribution in [0.1, 0.15) is 31.3 Å². The van der Waals surface area contributed by atoms with E-state index >= 15 is 0 Å². The minimum atomic E-state index is 0.0653. The Morgan fingerprint density at radius 3 is 2.89 bits per heavy atom. The van der Waals surface area contributed by atoms with E-state index in [1.807, 2.05) is 45.0 Å². The van der Waals surface area contributed by atoms with E-state index in [0.29, 0.717) is 11.9 Å². The first kappa shape index (κ1) is 12.6. The summed E-state index contributed by atoms with van der Waals surface area (Å²) in [6.07, 6.45) is 0. The van der Waals surface area contributed by atoms with E-state index in [2.05, 4.69) is 20.8 Å². The van der Waals surface area contributed by atoms with Crippen molar-refractivity contribution in [1.29, 1.82) is 0 Å². The molecule has 96 valence electrons. The molecule has 1 aromatic carbocycles. The molecule has 1 heterocycles. The fourth-order valence-electron chi connectivity index (χ4n) is 1.70. The zero-order valence-electron chi connectivity index (χ0n) is 10.9. The number of hydrogen-bond donors (Lipinski definition) is 2. The second-order valence-corrected chi connectivity index (χ2v) is 4.22. The Bertz CT molecular complexity index is 509. The van der Waals surface area contributed by atoms with Gasteiger partial charge in [-0.05, 0) is 38.1 Å². The third kappa shape index (κ3) is 3.07. The fourth-order valence-corrected chi connectivity index (χ4v) is 1.70. The molecule has 0 radical (unpaired) electrons. The number of benzene rings is 1. The molecular formula is C13H18N4O. The molecule has 0 aliphatic carbocycles. The van der Waals surface area contributed by atoms with E-state index in [1.54, 1.807) is 0 Å². The molecule has 1 unspecified atom stereocenters. The Morgan fingerprint density at radius 2 is 2.17 bits per heavy atom. The van der Waals surface area contributed by atoms with Gasteiger partial charge in [-0.2, -0.15) is 0 Å². The Labute approximate surface area is 107 Å². The molecule has 2 rings (SSSR count). The van der Waals surface area contributed by atoms with Gasteiger partial charge in [-0.1, -0.05) is 24.2 Å². The van der Waals surface area contributed by atoms with E-state index in [1.165, 1.54) is 5.56 Å². The lowest BCUT2D eigenvalue weighted by Gasteiger charge is -2.06. The Balaban J connectivity index is 2.06. The molecular weight excluding hydrogens is 228 g/mol. The van der Waals surface area contributed by atoms with Gasteiger partial charge in [0.05, 0.1) is 6.04 Å². The average Bonchev–Trinajstić information content (AvgIpc) is 2.78. The molecule has 2 aromatic rings. The molecule has 0 aliphatic rings. The summed E-state index contributed by atoms with van der Waals surface area (Å²) in [6, 6.07) is 8.49. The topological polar surface area (TPSA) is 63.0 Å². The highest BCUT2D eigenvalue weighted by Gasteiger charge is 2.12. The van der Waals surface area contributed by atoms with Crippen LogP contribution in [0.25, 0.3) is 0 Å². The number of hydrogen-bond acceptors (Lipinski definition) is 5. The molecule has 0 bridgehead atoms. The molecule has 2 N–H and O–H groups in total. The Morgan fingerprint density at radius 1 is 1.33 bits per heavy atom. The van der Waals surface area contributed by atoms with Crippen molar-refractivity contribution in [3.63, 3.8) is 0 Å². The summed E-state index contributed by atoms with van der Waals surface area (Å²) in [6.45, 7) is 6.94. The molecule has 1 aromatic heterocycles. The first-order valence-corrected chi connectivity index (χ1v) is 6.09. The standard InChI is InChI=1S/C13H18N4O/c1-4-14-10(3)12-16-17-13(18-12)15-11-7-5-6-9(2)8-11/h5-8,10,14H,4H2,1-3H3,(H,15,17). The maximum absolute atomic E-state index is 5.55. The Hall–Kier alpha value is -1.88. The second-order valence-electron chi connectivity index (χ2n) is 4.22. The van der Waals surface area contributed by atoms with Gasteiger partial charge in [0, 0.05) is 5.69 Å². The van der Waals surface area contributed by atoms with E-state index in [9.17, 15) is 0 Å². The summed E-state index contributed by atoms with van der Waals surface area (Å²) in [4.78, 5) is 0. The maximum atomic E-state index is 5.55. The van der Waals surface area contributed by atoms with Crippen LogP contribution in [-0.2, 0) is 0 Å². The van der Waals surface area contributed by atoms with Crippen molar-refractivity contribution in [2.45, 2.75) is 26.8 Å². The van der Waals surface area contributed by atoms with Gasteiger partial charge in [-0.3, -0.25) is 0 Å². The molecule has 0 amide bonds. The molecule has 0 saturated heterocycles. The highest BCUT2D eigenvalue weighted by molar-refractivity contribution is 5.52. The van der Waals surface area contributed by atoms with Gasteiger partial charge < -0.3 is 15.1 Å². The highest BCUT2D eigenvalue weighted by Crippen LogP contribution is 2.18. The van der Waals surface area contributed by atoms with E-state index in [-0.39, 0.29) is 6.04 Å². The largest absolute Gasteiger partial charge is 0.406 e. The van der Waals surface area contributed by atoms with Gasteiger partial charge in [0.15, 0.2) is 0 Å². The van der Waals surface area contributed by atoms with Crippen LogP contribution in [0.15, 0.2) is 28.7 Å². The number of aromatic nitrogens is 2. The lowest BCUT2D eigenvalue weighted by Crippen LogP contribution is -2.17. The van der Waals surface area contributed by atoms with Crippen LogP contribution in [0, 0.1) is 6.92 Å². The highest BCUT2D eigenvalue weighted by atomic mass is 16.4. The molecule has 0 saturated carbocycles. The number of nitrogens with one attached hydrogen (secondary N) is 2. The van der Waals surface area contributed by atoms with Crippen molar-refractivity contribution in [3.8, 4) is 0 Å². The third-order valence-electron chi connectivity index (χ3n) is 2.59. The molecule has 0 aliphatic heterocycles. The molecule has 5 nitrogen and oxygen atoms in total. The van der Waals surface area contributed by atoms with E-state index < -0.39 is 0 Å². The van der Waals surface area contributed by atoms with Gasteiger partial charge in [0.25, 0.3) is 0 Å². The number of anilines is 2. The Kier molecular flexibility index (Phi) is 3.94. The van der Waals surface area contributed by atoms with Crippen LogP contribution >= 0.6 is 0 Å². The van der Waals surface area contributed by atoms with Crippen LogP contribution in [0.4, 0.5) is 11.7 Å². The van der Waals surface area contributed by atoms with Crippen molar-refractivity contribution >= 4 is 11.7 Å². The summed E-state index contributed by atoms with van der Waals surface area (Å²) in [7, 11) is 0. The number of aryl methyl sites for hydroxylation is 1. The first-order chi connectivity index (χ1) is 8.69. The van der Waals surface area contributed by atoms with Crippen LogP contribution in [0.2, 0.25) is 0 Å². The first-order valence-electron chi connectivity index (χ1n) is 6.09. The summed E-state index contributed by atoms with van der Waals surface area (Å²) in [5.41, 5.74) is 2.13. The van der Waals surface area contributed by atoms with Gasteiger partial charge in [-0.25, -0.2) is 0 Å². The number of rotatable bonds is 5. The van der Waals surface area contributed by atoms with Crippen molar-refractivity contribution < 1.29 is 4.42 Å². The fraction of sp³-hybridized carbons (Fsp3) is 0.385. The molecule has 1 atom stereocenters. The molecule has 5 heteroatoms. The molecule has 18 heavy (non-hydrogen) atoms. The van der Waals surface area contributed by atoms with Crippen molar-refractivity contribution in [3.05, 3.63) is 35.7 Å². The van der Waals surface area contributed by atoms with Gasteiger partial charge in [-0.15, -0.1) is 5.10 Å². The SMILES string of the molecule is CCNC(C)c1nnc(Nc2cccc(C)c2)o1. The smallest absolute Gasteiger partial charge is 0.320 e. The van der Waals surface area contributed by atoms with Crippen LogP contribution < -0.4 is 10.6 Å². The van der Waals surface area contributed by atoms with Gasteiger partial charge in [0.1, 0.15) is 0 Å². The summed E-state index contributed by atoms with van der Waals surface area (Å²) < 4.78 is 5.55. The monoisotopic (exact) mass is 246 g/mol. The third-order valence-corrected chi connectivity index (χ3v) is 2.59. The van der Waals surface area contributed by atoms with Gasteiger partial charge in [0.2, 0.25) is 5.89 Å². The zero-order chi connectivity index (χ0) is 13.0. The van der Waals surface area contributed by atoms with Crippen LogP contribution in [-0.4, -0.2) is 16.7 Å². The molecule has 0 fully saturated rings. The predicted molar refractivity (Wildman–Crippen MR) is 70.9 cm³/mol. The average molecular weight is 246 g/mol. The lowest BCUT2D eigenvalue weighted by molar-refractivity contribution is 0.430. The van der Waals surface area contributed by atoms with Crippen molar-refractivity contribution in [2.24, 2.45) is 0 Å². The maximum Gasteiger partial charge on any atom is 0.320 e. The second kappa shape index (κ2) is 5.64. The van der Waals surface area contributed by atoms with E-state index in [0.717, 1.165) is 12.2 Å². The number of nitrogens with zero attached hydrogens (tertiary/aromatic N) is 2. The normalized spacial score (nSPS) is 12.4. The quantitative estimate of drug-likeness (QED) is 0.849. The minimum absolute atomic E-state index is 0.0653. The van der Waals surface area contributed by atoms with Crippen molar-refractivity contribution in [1.82, 2.24) is 15.5 Å². The van der Waals surface area contributed by atoms with Gasteiger partial charge >= 0.3 is 6.01 Å². The van der Waals surface area contributed by atoms with E-state index in [4.69, 9.17) is 4.42 Å². The van der Waals surface area contributed by atoms with Crippen LogP contribution in [0.3, 0.4) is 0 Å². The lowest BCUT2D eigenvalue weighted by atomic mass is 10.2. The molecule has 0 spiro atoms.